The van der Waals surface area contributed by atoms with Gasteiger partial charge in [0.25, 0.3) is 0 Å². The van der Waals surface area contributed by atoms with Crippen LogP contribution in [0.15, 0.2) is 29.3 Å². The number of hydrogen-bond donors (Lipinski definition) is 1. The number of benzene rings is 1. The second-order valence-electron chi connectivity index (χ2n) is 9.10. The van der Waals surface area contributed by atoms with Gasteiger partial charge in [0.15, 0.2) is 5.96 Å². The molecule has 4 rings (SSSR count). The monoisotopic (exact) mass is 400 g/mol. The number of rotatable bonds is 4. The Labute approximate surface area is 175 Å². The number of likely N-dealkylation sites (tertiary alicyclic amines) is 1. The van der Waals surface area contributed by atoms with Crippen molar-refractivity contribution in [2.45, 2.75) is 52.0 Å². The lowest BCUT2D eigenvalue weighted by atomic mass is 9.87. The third kappa shape index (κ3) is 4.93. The van der Waals surface area contributed by atoms with Gasteiger partial charge in [-0.25, -0.2) is 0 Å². The summed E-state index contributed by atoms with van der Waals surface area (Å²) in [5.41, 5.74) is 3.08. The number of ether oxygens (including phenoxy) is 2. The molecule has 3 heterocycles. The van der Waals surface area contributed by atoms with E-state index in [1.807, 2.05) is 7.05 Å². The fraction of sp³-hybridized carbons (Fsp3) is 0.696. The van der Waals surface area contributed by atoms with Gasteiger partial charge in [-0.3, -0.25) is 9.89 Å². The molecular formula is C23H36N4O2. The predicted octanol–water partition coefficient (Wildman–Crippen LogP) is 2.48. The Bertz CT molecular complexity index is 707. The van der Waals surface area contributed by atoms with Gasteiger partial charge in [0.1, 0.15) is 0 Å². The molecule has 0 amide bonds. The van der Waals surface area contributed by atoms with Crippen LogP contribution in [-0.2, 0) is 22.6 Å². The van der Waals surface area contributed by atoms with E-state index >= 15 is 0 Å². The second kappa shape index (κ2) is 9.02. The molecule has 1 N–H and O–H groups in total. The minimum absolute atomic E-state index is 0.296. The summed E-state index contributed by atoms with van der Waals surface area (Å²) in [5, 5.41) is 3.62. The van der Waals surface area contributed by atoms with Gasteiger partial charge >= 0.3 is 0 Å². The topological polar surface area (TPSA) is 49.3 Å². The molecule has 3 aliphatic rings. The van der Waals surface area contributed by atoms with Crippen LogP contribution in [-0.4, -0.2) is 74.4 Å². The first kappa shape index (κ1) is 20.6. The molecule has 6 heteroatoms. The summed E-state index contributed by atoms with van der Waals surface area (Å²) in [6.45, 7) is 12.0. The molecule has 1 aromatic rings. The van der Waals surface area contributed by atoms with Crippen molar-refractivity contribution in [2.75, 3.05) is 46.4 Å². The van der Waals surface area contributed by atoms with Gasteiger partial charge in [-0.2, -0.15) is 0 Å². The van der Waals surface area contributed by atoms with Gasteiger partial charge in [0.05, 0.1) is 18.8 Å². The largest absolute Gasteiger partial charge is 0.381 e. The maximum absolute atomic E-state index is 5.89. The fourth-order valence-electron chi connectivity index (χ4n) is 5.13. The molecule has 6 nitrogen and oxygen atoms in total. The van der Waals surface area contributed by atoms with Crippen LogP contribution < -0.4 is 5.32 Å². The van der Waals surface area contributed by atoms with E-state index in [4.69, 9.17) is 9.47 Å². The van der Waals surface area contributed by atoms with Gasteiger partial charge < -0.3 is 19.7 Å². The van der Waals surface area contributed by atoms with Crippen molar-refractivity contribution in [1.29, 1.82) is 0 Å². The van der Waals surface area contributed by atoms with E-state index in [1.165, 1.54) is 24.0 Å². The van der Waals surface area contributed by atoms with Crippen LogP contribution in [0, 0.1) is 5.41 Å². The third-order valence-electron chi connectivity index (χ3n) is 6.58. The zero-order chi connectivity index (χ0) is 20.3. The van der Waals surface area contributed by atoms with Gasteiger partial charge in [-0.1, -0.05) is 24.3 Å². The molecule has 0 saturated carbocycles. The molecule has 0 radical (unpaired) electrons. The van der Waals surface area contributed by atoms with Crippen molar-refractivity contribution in [1.82, 2.24) is 15.1 Å². The highest BCUT2D eigenvalue weighted by molar-refractivity contribution is 5.80. The highest BCUT2D eigenvalue weighted by Gasteiger charge is 2.42. The minimum Gasteiger partial charge on any atom is -0.381 e. The van der Waals surface area contributed by atoms with Crippen LogP contribution in [0.2, 0.25) is 0 Å². The number of nitrogens with zero attached hydrogens (tertiary/aromatic N) is 3. The molecule has 0 aliphatic carbocycles. The average molecular weight is 401 g/mol. The molecule has 3 saturated heterocycles. The van der Waals surface area contributed by atoms with Gasteiger partial charge in [0, 0.05) is 58.3 Å². The van der Waals surface area contributed by atoms with Crippen LogP contribution in [0.4, 0.5) is 0 Å². The van der Waals surface area contributed by atoms with E-state index in [0.717, 1.165) is 58.4 Å². The lowest BCUT2D eigenvalue weighted by Crippen LogP contribution is -2.45. The Balaban J connectivity index is 1.37. The van der Waals surface area contributed by atoms with Crippen molar-refractivity contribution in [2.24, 2.45) is 10.4 Å². The second-order valence-corrected chi connectivity index (χ2v) is 9.10. The SMILES string of the molecule is CN=C(NCc1ccccc1CN1CC(C)OC(C)C1)N1CCC2(CCOC2)C1. The van der Waals surface area contributed by atoms with Crippen LogP contribution >= 0.6 is 0 Å². The maximum atomic E-state index is 5.89. The van der Waals surface area contributed by atoms with Crippen molar-refractivity contribution in [3.05, 3.63) is 35.4 Å². The van der Waals surface area contributed by atoms with E-state index < -0.39 is 0 Å². The zero-order valence-corrected chi connectivity index (χ0v) is 18.2. The first-order valence-corrected chi connectivity index (χ1v) is 11.0. The predicted molar refractivity (Wildman–Crippen MR) is 116 cm³/mol. The summed E-state index contributed by atoms with van der Waals surface area (Å²) in [5.74, 6) is 1.01. The van der Waals surface area contributed by atoms with E-state index in [2.05, 4.69) is 58.2 Å². The first-order valence-electron chi connectivity index (χ1n) is 11.0. The van der Waals surface area contributed by atoms with E-state index in [0.29, 0.717) is 17.6 Å². The maximum Gasteiger partial charge on any atom is 0.193 e. The Morgan fingerprint density at radius 1 is 1.17 bits per heavy atom. The molecule has 3 atom stereocenters. The number of aliphatic imine (C=N–C) groups is 1. The quantitative estimate of drug-likeness (QED) is 0.622. The summed E-state index contributed by atoms with van der Waals surface area (Å²) in [7, 11) is 1.89. The molecule has 29 heavy (non-hydrogen) atoms. The normalized spacial score (nSPS) is 31.0. The van der Waals surface area contributed by atoms with E-state index in [-0.39, 0.29) is 0 Å². The molecule has 1 aromatic carbocycles. The lowest BCUT2D eigenvalue weighted by Gasteiger charge is -2.35. The van der Waals surface area contributed by atoms with Gasteiger partial charge in [-0.05, 0) is 37.8 Å². The highest BCUT2D eigenvalue weighted by atomic mass is 16.5. The lowest BCUT2D eigenvalue weighted by molar-refractivity contribution is -0.0705. The van der Waals surface area contributed by atoms with Crippen molar-refractivity contribution < 1.29 is 9.47 Å². The molecule has 3 aliphatic heterocycles. The highest BCUT2D eigenvalue weighted by Crippen LogP contribution is 2.38. The average Bonchev–Trinajstić information content (AvgIpc) is 3.33. The number of hydrogen-bond acceptors (Lipinski definition) is 4. The Morgan fingerprint density at radius 2 is 1.93 bits per heavy atom. The first-order chi connectivity index (χ1) is 14.1. The van der Waals surface area contributed by atoms with Gasteiger partial charge in [-0.15, -0.1) is 0 Å². The van der Waals surface area contributed by atoms with E-state index in [9.17, 15) is 0 Å². The zero-order valence-electron chi connectivity index (χ0n) is 18.2. The van der Waals surface area contributed by atoms with Crippen LogP contribution in [0.25, 0.3) is 0 Å². The third-order valence-corrected chi connectivity index (χ3v) is 6.58. The summed E-state index contributed by atoms with van der Waals surface area (Å²) >= 11 is 0. The van der Waals surface area contributed by atoms with Gasteiger partial charge in [0.2, 0.25) is 0 Å². The number of morpholine rings is 1. The van der Waals surface area contributed by atoms with Crippen LogP contribution in [0.5, 0.6) is 0 Å². The summed E-state index contributed by atoms with van der Waals surface area (Å²) in [6, 6.07) is 8.77. The number of guanidine groups is 1. The molecule has 1 spiro atoms. The molecule has 3 unspecified atom stereocenters. The van der Waals surface area contributed by atoms with Crippen LogP contribution in [0.1, 0.15) is 37.8 Å². The van der Waals surface area contributed by atoms with Crippen molar-refractivity contribution in [3.63, 3.8) is 0 Å². The standard InChI is InChI=1S/C23H36N4O2/c1-18-13-26(14-19(2)29-18)15-21-7-5-4-6-20(21)12-25-22(24-3)27-10-8-23(16-27)9-11-28-17-23/h4-7,18-19H,8-17H2,1-3H3,(H,24,25). The fourth-order valence-corrected chi connectivity index (χ4v) is 5.13. The molecular weight excluding hydrogens is 364 g/mol. The Hall–Kier alpha value is -1.63. The molecule has 3 fully saturated rings. The Kier molecular flexibility index (Phi) is 6.42. The molecule has 0 aromatic heterocycles. The summed E-state index contributed by atoms with van der Waals surface area (Å²) in [6.07, 6.45) is 2.98. The van der Waals surface area contributed by atoms with Crippen molar-refractivity contribution >= 4 is 5.96 Å². The summed E-state index contributed by atoms with van der Waals surface area (Å²) in [4.78, 5) is 9.48. The number of nitrogens with one attached hydrogen (secondary N) is 1. The molecule has 160 valence electrons. The minimum atomic E-state index is 0.296. The smallest absolute Gasteiger partial charge is 0.193 e. The Morgan fingerprint density at radius 3 is 2.62 bits per heavy atom. The van der Waals surface area contributed by atoms with Crippen molar-refractivity contribution in [3.8, 4) is 0 Å². The summed E-state index contributed by atoms with van der Waals surface area (Å²) < 4.78 is 11.6. The van der Waals surface area contributed by atoms with Crippen LogP contribution in [0.3, 0.4) is 0 Å². The molecule has 0 bridgehead atoms. The van der Waals surface area contributed by atoms with E-state index in [1.54, 1.807) is 0 Å².